The molecule has 0 aliphatic rings. The zero-order chi connectivity index (χ0) is 13.7. The summed E-state index contributed by atoms with van der Waals surface area (Å²) in [5.74, 6) is 0.272. The maximum atomic E-state index is 12.3. The minimum absolute atomic E-state index is 0.0803. The second kappa shape index (κ2) is 6.41. The van der Waals surface area contributed by atoms with E-state index in [0.29, 0.717) is 30.1 Å². The van der Waals surface area contributed by atoms with Gasteiger partial charge in [0, 0.05) is 7.11 Å². The van der Waals surface area contributed by atoms with Gasteiger partial charge in [0.2, 0.25) is 11.0 Å². The van der Waals surface area contributed by atoms with Crippen molar-refractivity contribution in [1.82, 2.24) is 0 Å². The predicted molar refractivity (Wildman–Crippen MR) is 71.0 cm³/mol. The van der Waals surface area contributed by atoms with Crippen molar-refractivity contribution in [3.63, 3.8) is 0 Å². The number of rotatable bonds is 6. The third-order valence-electron chi connectivity index (χ3n) is 2.54. The standard InChI is InChI=1S/C14H13ClO4/c1-17-8-9-18-12-5-3-2-4-10(12)13(16)11-6-7-19-14(11)15/h2-7H,8-9H2,1H3. The Kier molecular flexibility index (Phi) is 4.60. The molecule has 0 atom stereocenters. The van der Waals surface area contributed by atoms with E-state index >= 15 is 0 Å². The first-order chi connectivity index (χ1) is 9.24. The lowest BCUT2D eigenvalue weighted by Crippen LogP contribution is -2.09. The summed E-state index contributed by atoms with van der Waals surface area (Å²) >= 11 is 5.82. The summed E-state index contributed by atoms with van der Waals surface area (Å²) < 4.78 is 15.4. The molecule has 0 saturated heterocycles. The Hall–Kier alpha value is -1.78. The number of benzene rings is 1. The fourth-order valence-electron chi connectivity index (χ4n) is 1.62. The van der Waals surface area contributed by atoms with E-state index in [0.717, 1.165) is 0 Å². The quantitative estimate of drug-likeness (QED) is 0.602. The molecule has 0 saturated carbocycles. The highest BCUT2D eigenvalue weighted by molar-refractivity contribution is 6.33. The molecule has 0 unspecified atom stereocenters. The molecule has 0 bridgehead atoms. The zero-order valence-corrected chi connectivity index (χ0v) is 11.1. The first-order valence-electron chi connectivity index (χ1n) is 5.72. The molecule has 2 rings (SSSR count). The highest BCUT2D eigenvalue weighted by Crippen LogP contribution is 2.25. The van der Waals surface area contributed by atoms with E-state index in [1.165, 1.54) is 12.3 Å². The molecule has 0 aliphatic carbocycles. The second-order valence-electron chi connectivity index (χ2n) is 3.77. The van der Waals surface area contributed by atoms with Gasteiger partial charge in [0.1, 0.15) is 12.4 Å². The van der Waals surface area contributed by atoms with E-state index in [1.807, 2.05) is 0 Å². The van der Waals surface area contributed by atoms with Gasteiger partial charge in [0.15, 0.2) is 0 Å². The van der Waals surface area contributed by atoms with Gasteiger partial charge in [-0.1, -0.05) is 12.1 Å². The van der Waals surface area contributed by atoms with Gasteiger partial charge in [-0.3, -0.25) is 4.79 Å². The van der Waals surface area contributed by atoms with E-state index in [-0.39, 0.29) is 11.0 Å². The number of halogens is 1. The van der Waals surface area contributed by atoms with Crippen LogP contribution in [-0.4, -0.2) is 26.1 Å². The van der Waals surface area contributed by atoms with Gasteiger partial charge in [0.05, 0.1) is 24.0 Å². The van der Waals surface area contributed by atoms with Crippen LogP contribution < -0.4 is 4.74 Å². The molecule has 100 valence electrons. The monoisotopic (exact) mass is 280 g/mol. The van der Waals surface area contributed by atoms with Crippen molar-refractivity contribution in [3.8, 4) is 5.75 Å². The normalized spacial score (nSPS) is 10.4. The van der Waals surface area contributed by atoms with E-state index in [2.05, 4.69) is 0 Å². The van der Waals surface area contributed by atoms with Gasteiger partial charge in [-0.25, -0.2) is 0 Å². The molecule has 0 fully saturated rings. The Morgan fingerprint density at radius 2 is 2.00 bits per heavy atom. The highest BCUT2D eigenvalue weighted by Gasteiger charge is 2.18. The van der Waals surface area contributed by atoms with E-state index in [9.17, 15) is 4.79 Å². The largest absolute Gasteiger partial charge is 0.490 e. The Balaban J connectivity index is 2.24. The first kappa shape index (κ1) is 13.6. The number of ketones is 1. The molecular formula is C14H13ClO4. The topological polar surface area (TPSA) is 48.7 Å². The van der Waals surface area contributed by atoms with E-state index < -0.39 is 0 Å². The zero-order valence-electron chi connectivity index (χ0n) is 10.4. The lowest BCUT2D eigenvalue weighted by molar-refractivity contribution is 0.103. The number of hydrogen-bond donors (Lipinski definition) is 0. The Morgan fingerprint density at radius 1 is 1.21 bits per heavy atom. The maximum absolute atomic E-state index is 12.3. The van der Waals surface area contributed by atoms with Crippen molar-refractivity contribution < 1.29 is 18.7 Å². The Bertz CT molecular complexity index is 562. The fraction of sp³-hybridized carbons (Fsp3) is 0.214. The molecule has 0 N–H and O–H groups in total. The van der Waals surface area contributed by atoms with Gasteiger partial charge in [-0.15, -0.1) is 0 Å². The van der Waals surface area contributed by atoms with Crippen LogP contribution in [-0.2, 0) is 4.74 Å². The van der Waals surface area contributed by atoms with Crippen molar-refractivity contribution in [3.05, 3.63) is 52.9 Å². The van der Waals surface area contributed by atoms with Crippen LogP contribution in [0.2, 0.25) is 5.22 Å². The minimum Gasteiger partial charge on any atom is -0.490 e. The summed E-state index contributed by atoms with van der Waals surface area (Å²) in [6, 6.07) is 8.53. The van der Waals surface area contributed by atoms with Gasteiger partial charge in [-0.05, 0) is 29.8 Å². The number of carbonyl (C=O) groups excluding carboxylic acids is 1. The van der Waals surface area contributed by atoms with Crippen molar-refractivity contribution in [2.75, 3.05) is 20.3 Å². The molecule has 19 heavy (non-hydrogen) atoms. The minimum atomic E-state index is -0.230. The van der Waals surface area contributed by atoms with Crippen molar-refractivity contribution >= 4 is 17.4 Å². The molecule has 0 radical (unpaired) electrons. The summed E-state index contributed by atoms with van der Waals surface area (Å²) in [6.07, 6.45) is 1.38. The predicted octanol–water partition coefficient (Wildman–Crippen LogP) is 3.19. The molecule has 4 nitrogen and oxygen atoms in total. The smallest absolute Gasteiger partial charge is 0.204 e. The molecular weight excluding hydrogens is 268 g/mol. The highest BCUT2D eigenvalue weighted by atomic mass is 35.5. The van der Waals surface area contributed by atoms with Gasteiger partial charge in [0.25, 0.3) is 0 Å². The van der Waals surface area contributed by atoms with Crippen molar-refractivity contribution in [2.45, 2.75) is 0 Å². The number of furan rings is 1. The molecule has 2 aromatic rings. The molecule has 0 amide bonds. The van der Waals surface area contributed by atoms with Gasteiger partial charge < -0.3 is 13.9 Å². The first-order valence-corrected chi connectivity index (χ1v) is 6.10. The number of hydrogen-bond acceptors (Lipinski definition) is 4. The summed E-state index contributed by atoms with van der Waals surface area (Å²) in [6.45, 7) is 0.828. The SMILES string of the molecule is COCCOc1ccccc1C(=O)c1ccoc1Cl. The Labute approximate surface area is 115 Å². The van der Waals surface area contributed by atoms with Crippen LogP contribution in [0.1, 0.15) is 15.9 Å². The number of para-hydroxylation sites is 1. The van der Waals surface area contributed by atoms with E-state index in [1.54, 1.807) is 31.4 Å². The fourth-order valence-corrected chi connectivity index (χ4v) is 1.82. The van der Waals surface area contributed by atoms with Gasteiger partial charge >= 0.3 is 0 Å². The average Bonchev–Trinajstić information content (AvgIpc) is 2.85. The maximum Gasteiger partial charge on any atom is 0.204 e. The molecule has 1 aromatic heterocycles. The summed E-state index contributed by atoms with van der Waals surface area (Å²) in [4.78, 5) is 12.3. The number of ether oxygens (including phenoxy) is 2. The van der Waals surface area contributed by atoms with Crippen LogP contribution in [0.4, 0.5) is 0 Å². The lowest BCUT2D eigenvalue weighted by atomic mass is 10.1. The van der Waals surface area contributed by atoms with Crippen LogP contribution in [0.15, 0.2) is 41.0 Å². The van der Waals surface area contributed by atoms with E-state index in [4.69, 9.17) is 25.5 Å². The third kappa shape index (κ3) is 3.16. The second-order valence-corrected chi connectivity index (χ2v) is 4.12. The van der Waals surface area contributed by atoms with Crippen LogP contribution in [0, 0.1) is 0 Å². The van der Waals surface area contributed by atoms with Crippen LogP contribution >= 0.6 is 11.6 Å². The van der Waals surface area contributed by atoms with Crippen molar-refractivity contribution in [2.24, 2.45) is 0 Å². The number of methoxy groups -OCH3 is 1. The molecule has 1 aromatic carbocycles. The number of carbonyl (C=O) groups is 1. The van der Waals surface area contributed by atoms with Crippen LogP contribution in [0.3, 0.4) is 0 Å². The van der Waals surface area contributed by atoms with Crippen LogP contribution in [0.25, 0.3) is 0 Å². The Morgan fingerprint density at radius 3 is 2.68 bits per heavy atom. The lowest BCUT2D eigenvalue weighted by Gasteiger charge is -2.09. The van der Waals surface area contributed by atoms with Crippen LogP contribution in [0.5, 0.6) is 5.75 Å². The third-order valence-corrected chi connectivity index (χ3v) is 2.83. The average molecular weight is 281 g/mol. The van der Waals surface area contributed by atoms with Gasteiger partial charge in [-0.2, -0.15) is 0 Å². The summed E-state index contributed by atoms with van der Waals surface area (Å²) in [5.41, 5.74) is 0.770. The molecule has 1 heterocycles. The molecule has 0 spiro atoms. The molecule has 0 aliphatic heterocycles. The molecule has 5 heteroatoms. The van der Waals surface area contributed by atoms with Crippen molar-refractivity contribution in [1.29, 1.82) is 0 Å². The summed E-state index contributed by atoms with van der Waals surface area (Å²) in [7, 11) is 1.59. The summed E-state index contributed by atoms with van der Waals surface area (Å²) in [5, 5.41) is 0.0803.